The maximum absolute atomic E-state index is 10.7. The Labute approximate surface area is 187 Å². The van der Waals surface area contributed by atoms with E-state index in [0.29, 0.717) is 0 Å². The summed E-state index contributed by atoms with van der Waals surface area (Å²) in [4.78, 5) is 20.1. The van der Waals surface area contributed by atoms with E-state index in [-0.39, 0.29) is 6.61 Å². The average Bonchev–Trinajstić information content (AvgIpc) is 2.70. The lowest BCUT2D eigenvalue weighted by atomic mass is 10.1. The predicted octanol–water partition coefficient (Wildman–Crippen LogP) is 7.46. The van der Waals surface area contributed by atoms with E-state index in [1.807, 2.05) is 0 Å². The summed E-state index contributed by atoms with van der Waals surface area (Å²) >= 11 is 0. The summed E-state index contributed by atoms with van der Waals surface area (Å²) in [6, 6.07) is 0. The van der Waals surface area contributed by atoms with Crippen LogP contribution >= 0.6 is 7.82 Å². The SMILES string of the molecule is CCCCCCCCCN(CCCCCCCCC)CCCCCCOP(=O)(O)O. The molecule has 0 heterocycles. The smallest absolute Gasteiger partial charge is 0.303 e. The summed E-state index contributed by atoms with van der Waals surface area (Å²) in [7, 11) is -4.30. The molecule has 0 spiro atoms. The van der Waals surface area contributed by atoms with Crippen molar-refractivity contribution in [2.75, 3.05) is 26.2 Å². The molecule has 5 nitrogen and oxygen atoms in total. The van der Waals surface area contributed by atoms with Crippen LogP contribution in [0, 0.1) is 0 Å². The summed E-state index contributed by atoms with van der Waals surface area (Å²) < 4.78 is 15.2. The van der Waals surface area contributed by atoms with Crippen molar-refractivity contribution in [3.8, 4) is 0 Å². The van der Waals surface area contributed by atoms with E-state index < -0.39 is 7.82 Å². The van der Waals surface area contributed by atoms with E-state index in [1.165, 1.54) is 109 Å². The predicted molar refractivity (Wildman–Crippen MR) is 129 cm³/mol. The van der Waals surface area contributed by atoms with Crippen molar-refractivity contribution in [1.29, 1.82) is 0 Å². The van der Waals surface area contributed by atoms with Gasteiger partial charge < -0.3 is 14.7 Å². The van der Waals surface area contributed by atoms with E-state index in [4.69, 9.17) is 9.79 Å². The Morgan fingerprint density at radius 1 is 0.567 bits per heavy atom. The van der Waals surface area contributed by atoms with E-state index in [0.717, 1.165) is 25.8 Å². The van der Waals surface area contributed by atoms with Gasteiger partial charge in [0.2, 0.25) is 0 Å². The summed E-state index contributed by atoms with van der Waals surface area (Å²) in [5, 5.41) is 0. The lowest BCUT2D eigenvalue weighted by Crippen LogP contribution is -2.27. The topological polar surface area (TPSA) is 70.0 Å². The molecule has 0 atom stereocenters. The van der Waals surface area contributed by atoms with Gasteiger partial charge in [-0.05, 0) is 45.3 Å². The summed E-state index contributed by atoms with van der Waals surface area (Å²) in [5.41, 5.74) is 0. The van der Waals surface area contributed by atoms with Crippen molar-refractivity contribution >= 4 is 7.82 Å². The lowest BCUT2D eigenvalue weighted by Gasteiger charge is -2.22. The fourth-order valence-corrected chi connectivity index (χ4v) is 4.26. The Bertz CT molecular complexity index is 371. The fourth-order valence-electron chi connectivity index (χ4n) is 3.89. The van der Waals surface area contributed by atoms with E-state index in [2.05, 4.69) is 23.3 Å². The Balaban J connectivity index is 3.89. The second-order valence-electron chi connectivity index (χ2n) is 8.82. The molecule has 0 aromatic rings. The first-order chi connectivity index (χ1) is 14.5. The molecule has 0 amide bonds. The minimum atomic E-state index is -4.30. The highest BCUT2D eigenvalue weighted by Crippen LogP contribution is 2.35. The Hall–Kier alpha value is 0.0700. The van der Waals surface area contributed by atoms with Crippen LogP contribution in [-0.2, 0) is 9.09 Å². The second kappa shape index (κ2) is 22.3. The van der Waals surface area contributed by atoms with Gasteiger partial charge in [0.15, 0.2) is 0 Å². The van der Waals surface area contributed by atoms with Gasteiger partial charge >= 0.3 is 7.82 Å². The van der Waals surface area contributed by atoms with Crippen LogP contribution in [0.3, 0.4) is 0 Å². The van der Waals surface area contributed by atoms with Crippen LogP contribution in [0.15, 0.2) is 0 Å². The molecule has 2 N–H and O–H groups in total. The molecular weight excluding hydrogens is 397 g/mol. The first-order valence-electron chi connectivity index (χ1n) is 12.9. The van der Waals surface area contributed by atoms with Crippen LogP contribution < -0.4 is 0 Å². The van der Waals surface area contributed by atoms with Crippen molar-refractivity contribution in [3.63, 3.8) is 0 Å². The van der Waals surface area contributed by atoms with Crippen molar-refractivity contribution in [2.45, 2.75) is 129 Å². The van der Waals surface area contributed by atoms with Crippen LogP contribution in [0.5, 0.6) is 0 Å². The van der Waals surface area contributed by atoms with Gasteiger partial charge in [-0.3, -0.25) is 4.52 Å². The molecule has 0 aromatic heterocycles. The molecule has 0 aromatic carbocycles. The number of hydrogen-bond donors (Lipinski definition) is 2. The highest BCUT2D eigenvalue weighted by molar-refractivity contribution is 7.46. The Morgan fingerprint density at radius 3 is 1.27 bits per heavy atom. The van der Waals surface area contributed by atoms with Gasteiger partial charge in [0.1, 0.15) is 0 Å². The molecule has 0 saturated carbocycles. The number of hydrogen-bond acceptors (Lipinski definition) is 3. The maximum Gasteiger partial charge on any atom is 0.469 e. The van der Waals surface area contributed by atoms with Gasteiger partial charge in [-0.1, -0.05) is 104 Å². The summed E-state index contributed by atoms with van der Waals surface area (Å²) in [6.45, 7) is 8.31. The molecule has 0 aliphatic heterocycles. The molecule has 182 valence electrons. The fraction of sp³-hybridized carbons (Fsp3) is 1.00. The van der Waals surface area contributed by atoms with Crippen molar-refractivity contribution in [1.82, 2.24) is 4.90 Å². The third-order valence-corrected chi connectivity index (χ3v) is 6.30. The number of phosphoric acid groups is 1. The molecule has 0 bridgehead atoms. The first-order valence-corrected chi connectivity index (χ1v) is 14.4. The molecule has 6 heteroatoms. The van der Waals surface area contributed by atoms with Crippen molar-refractivity contribution in [3.05, 3.63) is 0 Å². The molecule has 30 heavy (non-hydrogen) atoms. The quantitative estimate of drug-likeness (QED) is 0.118. The van der Waals surface area contributed by atoms with E-state index in [1.54, 1.807) is 0 Å². The van der Waals surface area contributed by atoms with Crippen LogP contribution in [0.25, 0.3) is 0 Å². The van der Waals surface area contributed by atoms with E-state index in [9.17, 15) is 4.57 Å². The van der Waals surface area contributed by atoms with E-state index >= 15 is 0 Å². The number of rotatable bonds is 24. The molecule has 0 saturated heterocycles. The Morgan fingerprint density at radius 2 is 0.900 bits per heavy atom. The largest absolute Gasteiger partial charge is 0.469 e. The van der Waals surface area contributed by atoms with Crippen LogP contribution in [0.4, 0.5) is 0 Å². The average molecular weight is 450 g/mol. The van der Waals surface area contributed by atoms with Crippen LogP contribution in [0.2, 0.25) is 0 Å². The lowest BCUT2D eigenvalue weighted by molar-refractivity contribution is 0.192. The van der Waals surface area contributed by atoms with Crippen LogP contribution in [-0.4, -0.2) is 40.9 Å². The molecule has 0 rings (SSSR count). The molecule has 0 aliphatic rings. The van der Waals surface area contributed by atoms with Gasteiger partial charge in [-0.25, -0.2) is 4.57 Å². The van der Waals surface area contributed by atoms with Crippen molar-refractivity contribution < 1.29 is 18.9 Å². The molecule has 0 fully saturated rings. The molecule has 0 unspecified atom stereocenters. The monoisotopic (exact) mass is 449 g/mol. The minimum Gasteiger partial charge on any atom is -0.303 e. The molecular formula is C24H52NO4P. The normalized spacial score (nSPS) is 12.2. The maximum atomic E-state index is 10.7. The van der Waals surface area contributed by atoms with Gasteiger partial charge in [0.05, 0.1) is 6.61 Å². The zero-order chi connectivity index (χ0) is 22.3. The standard InChI is InChI=1S/C24H52NO4P/c1-3-5-7-9-11-13-17-21-25(22-18-14-12-10-8-6-4-2)23-19-15-16-20-24-29-30(26,27)28/h3-24H2,1-2H3,(H2,26,27,28). The molecule has 0 aliphatic carbocycles. The number of nitrogens with zero attached hydrogens (tertiary/aromatic N) is 1. The second-order valence-corrected chi connectivity index (χ2v) is 10.1. The van der Waals surface area contributed by atoms with Gasteiger partial charge in [0.25, 0.3) is 0 Å². The van der Waals surface area contributed by atoms with Gasteiger partial charge in [-0.2, -0.15) is 0 Å². The third kappa shape index (κ3) is 24.3. The highest BCUT2D eigenvalue weighted by atomic mass is 31.2. The van der Waals surface area contributed by atoms with Gasteiger partial charge in [-0.15, -0.1) is 0 Å². The van der Waals surface area contributed by atoms with Crippen molar-refractivity contribution in [2.24, 2.45) is 0 Å². The molecule has 0 radical (unpaired) electrons. The Kier molecular flexibility index (Phi) is 22.3. The summed E-state index contributed by atoms with van der Waals surface area (Å²) in [6.07, 6.45) is 23.0. The van der Waals surface area contributed by atoms with Gasteiger partial charge in [0, 0.05) is 0 Å². The third-order valence-electron chi connectivity index (χ3n) is 5.78. The zero-order valence-corrected chi connectivity index (χ0v) is 21.1. The number of phosphoric ester groups is 1. The first kappa shape index (κ1) is 30.1. The highest BCUT2D eigenvalue weighted by Gasteiger charge is 2.12. The number of unbranched alkanes of at least 4 members (excludes halogenated alkanes) is 15. The van der Waals surface area contributed by atoms with Crippen LogP contribution in [0.1, 0.15) is 129 Å². The zero-order valence-electron chi connectivity index (χ0n) is 20.2. The summed E-state index contributed by atoms with van der Waals surface area (Å²) in [5.74, 6) is 0. The minimum absolute atomic E-state index is 0.157.